The van der Waals surface area contributed by atoms with Crippen molar-refractivity contribution in [2.75, 3.05) is 26.8 Å². The molecule has 0 saturated heterocycles. The minimum atomic E-state index is -0.737. The summed E-state index contributed by atoms with van der Waals surface area (Å²) < 4.78 is 10.2. The SMILES string of the molecule is CCNC(=NCC(O)c1ccc(OC)cc1)NC(C)c1nc(C)c(C(=O)OCC)s1.I. The molecular weight excluding hydrogens is 531 g/mol. The van der Waals surface area contributed by atoms with Crippen LogP contribution in [0.4, 0.5) is 0 Å². The van der Waals surface area contributed by atoms with Gasteiger partial charge in [0.2, 0.25) is 0 Å². The Bertz CT molecular complexity index is 858. The van der Waals surface area contributed by atoms with Crippen LogP contribution in [0.5, 0.6) is 5.75 Å². The average molecular weight is 562 g/mol. The van der Waals surface area contributed by atoms with Crippen molar-refractivity contribution in [3.05, 3.63) is 45.4 Å². The minimum Gasteiger partial charge on any atom is -0.497 e. The highest BCUT2D eigenvalue weighted by molar-refractivity contribution is 14.0. The van der Waals surface area contributed by atoms with Crippen molar-refractivity contribution in [2.24, 2.45) is 4.99 Å². The normalized spacial score (nSPS) is 13.0. The largest absolute Gasteiger partial charge is 0.497 e. The van der Waals surface area contributed by atoms with Gasteiger partial charge < -0.3 is 25.2 Å². The molecule has 10 heteroatoms. The Morgan fingerprint density at radius 3 is 2.55 bits per heavy atom. The first-order valence-corrected chi connectivity index (χ1v) is 10.7. The molecule has 172 valence electrons. The quantitative estimate of drug-likeness (QED) is 0.186. The zero-order valence-corrected chi connectivity index (χ0v) is 21.6. The van der Waals surface area contributed by atoms with Crippen LogP contribution < -0.4 is 15.4 Å². The van der Waals surface area contributed by atoms with Crippen LogP contribution in [0.1, 0.15) is 58.9 Å². The number of aryl methyl sites for hydroxylation is 1. The predicted octanol–water partition coefficient (Wildman–Crippen LogP) is 3.60. The lowest BCUT2D eigenvalue weighted by Gasteiger charge is -2.17. The number of rotatable bonds is 9. The molecule has 8 nitrogen and oxygen atoms in total. The summed E-state index contributed by atoms with van der Waals surface area (Å²) in [5, 5.41) is 17.6. The number of ether oxygens (including phenoxy) is 2. The van der Waals surface area contributed by atoms with Crippen molar-refractivity contribution in [3.63, 3.8) is 0 Å². The number of aromatic nitrogens is 1. The minimum absolute atomic E-state index is 0. The number of carbonyl (C=O) groups is 1. The second kappa shape index (κ2) is 13.5. The summed E-state index contributed by atoms with van der Waals surface area (Å²) in [6, 6.07) is 7.07. The Morgan fingerprint density at radius 1 is 1.29 bits per heavy atom. The van der Waals surface area contributed by atoms with Gasteiger partial charge in [0.05, 0.1) is 38.1 Å². The number of methoxy groups -OCH3 is 1. The van der Waals surface area contributed by atoms with E-state index in [1.165, 1.54) is 11.3 Å². The molecule has 1 aromatic carbocycles. The van der Waals surface area contributed by atoms with Crippen LogP contribution in [0.15, 0.2) is 29.3 Å². The van der Waals surface area contributed by atoms with Gasteiger partial charge >= 0.3 is 5.97 Å². The molecule has 0 bridgehead atoms. The summed E-state index contributed by atoms with van der Waals surface area (Å²) in [5.74, 6) is 0.941. The first kappa shape index (κ1) is 27.1. The van der Waals surface area contributed by atoms with Crippen molar-refractivity contribution in [1.82, 2.24) is 15.6 Å². The smallest absolute Gasteiger partial charge is 0.350 e. The van der Waals surface area contributed by atoms with Gasteiger partial charge in [-0.2, -0.15) is 0 Å². The zero-order chi connectivity index (χ0) is 22.1. The van der Waals surface area contributed by atoms with Gasteiger partial charge in [-0.1, -0.05) is 12.1 Å². The van der Waals surface area contributed by atoms with Crippen LogP contribution in [0.2, 0.25) is 0 Å². The Kier molecular flexibility index (Phi) is 11.8. The molecule has 0 radical (unpaired) electrons. The van der Waals surface area contributed by atoms with Crippen molar-refractivity contribution in [3.8, 4) is 5.75 Å². The highest BCUT2D eigenvalue weighted by Crippen LogP contribution is 2.24. The number of thiazole rings is 1. The van der Waals surface area contributed by atoms with Gasteiger partial charge in [-0.15, -0.1) is 35.3 Å². The number of hydrogen-bond acceptors (Lipinski definition) is 7. The molecule has 0 fully saturated rings. The fourth-order valence-corrected chi connectivity index (χ4v) is 3.65. The highest BCUT2D eigenvalue weighted by atomic mass is 127. The Labute approximate surface area is 204 Å². The number of nitrogens with zero attached hydrogens (tertiary/aromatic N) is 2. The maximum atomic E-state index is 12.0. The number of esters is 1. The van der Waals surface area contributed by atoms with Gasteiger partial charge in [-0.05, 0) is 45.4 Å². The van der Waals surface area contributed by atoms with E-state index in [1.54, 1.807) is 33.1 Å². The summed E-state index contributed by atoms with van der Waals surface area (Å²) in [5.41, 5.74) is 1.41. The molecule has 2 unspecified atom stereocenters. The topological polar surface area (TPSA) is 105 Å². The molecule has 0 spiro atoms. The molecule has 3 N–H and O–H groups in total. The van der Waals surface area contributed by atoms with Crippen LogP contribution in [0.3, 0.4) is 0 Å². The predicted molar refractivity (Wildman–Crippen MR) is 134 cm³/mol. The molecule has 2 rings (SSSR count). The van der Waals surface area contributed by atoms with Crippen molar-refractivity contribution < 1.29 is 19.4 Å². The molecule has 2 aromatic rings. The van der Waals surface area contributed by atoms with E-state index in [2.05, 4.69) is 20.6 Å². The number of aliphatic hydroxyl groups excluding tert-OH is 1. The molecule has 0 aliphatic rings. The third kappa shape index (κ3) is 7.93. The molecule has 0 aliphatic carbocycles. The van der Waals surface area contributed by atoms with E-state index in [4.69, 9.17) is 9.47 Å². The van der Waals surface area contributed by atoms with Crippen LogP contribution in [-0.4, -0.2) is 48.8 Å². The van der Waals surface area contributed by atoms with E-state index in [-0.39, 0.29) is 42.5 Å². The van der Waals surface area contributed by atoms with E-state index in [9.17, 15) is 9.90 Å². The lowest BCUT2D eigenvalue weighted by molar-refractivity contribution is 0.0531. The van der Waals surface area contributed by atoms with E-state index in [1.807, 2.05) is 26.0 Å². The fourth-order valence-electron chi connectivity index (χ4n) is 2.68. The number of nitrogens with one attached hydrogen (secondary N) is 2. The molecule has 1 heterocycles. The lowest BCUT2D eigenvalue weighted by Crippen LogP contribution is -2.39. The van der Waals surface area contributed by atoms with Crippen molar-refractivity contribution in [1.29, 1.82) is 0 Å². The summed E-state index contributed by atoms with van der Waals surface area (Å²) in [6.45, 7) is 8.67. The molecule has 2 atom stereocenters. The Balaban J connectivity index is 0.00000480. The van der Waals surface area contributed by atoms with Gasteiger partial charge in [0.15, 0.2) is 5.96 Å². The molecule has 1 aromatic heterocycles. The molecule has 0 aliphatic heterocycles. The maximum absolute atomic E-state index is 12.0. The number of aliphatic imine (C=N–C) groups is 1. The Morgan fingerprint density at radius 2 is 1.97 bits per heavy atom. The first-order chi connectivity index (χ1) is 14.4. The third-order valence-corrected chi connectivity index (χ3v) is 5.58. The van der Waals surface area contributed by atoms with Gasteiger partial charge in [0.1, 0.15) is 15.6 Å². The summed E-state index contributed by atoms with van der Waals surface area (Å²) in [6.07, 6.45) is -0.737. The van der Waals surface area contributed by atoms with Crippen molar-refractivity contribution in [2.45, 2.75) is 39.8 Å². The zero-order valence-electron chi connectivity index (χ0n) is 18.5. The van der Waals surface area contributed by atoms with Crippen LogP contribution in [0.25, 0.3) is 0 Å². The van der Waals surface area contributed by atoms with Crippen molar-refractivity contribution >= 4 is 47.2 Å². The van der Waals surface area contributed by atoms with E-state index < -0.39 is 6.10 Å². The summed E-state index contributed by atoms with van der Waals surface area (Å²) >= 11 is 1.31. The lowest BCUT2D eigenvalue weighted by atomic mass is 10.1. The van der Waals surface area contributed by atoms with Crippen LogP contribution in [0, 0.1) is 6.92 Å². The van der Waals surface area contributed by atoms with E-state index in [0.717, 1.165) is 16.3 Å². The number of benzene rings is 1. The second-order valence-electron chi connectivity index (χ2n) is 6.56. The molecule has 0 saturated carbocycles. The summed E-state index contributed by atoms with van der Waals surface area (Å²) in [4.78, 5) is 21.5. The van der Waals surface area contributed by atoms with Gasteiger partial charge in [-0.25, -0.2) is 9.78 Å². The number of aliphatic hydroxyl groups is 1. The standard InChI is InChI=1S/C21H30N4O4S.HI/c1-6-22-21(23-12-17(26)15-8-10-16(28-5)11-9-15)25-14(4)19-24-13(3)18(30-19)20(27)29-7-2;/h8-11,14,17,26H,6-7,12H2,1-5H3,(H2,22,23,25);1H. The highest BCUT2D eigenvalue weighted by Gasteiger charge is 2.20. The van der Waals surface area contributed by atoms with E-state index in [0.29, 0.717) is 29.7 Å². The average Bonchev–Trinajstić information content (AvgIpc) is 3.14. The first-order valence-electron chi connectivity index (χ1n) is 9.90. The van der Waals surface area contributed by atoms with Crippen LogP contribution >= 0.6 is 35.3 Å². The van der Waals surface area contributed by atoms with Crippen LogP contribution in [-0.2, 0) is 4.74 Å². The monoisotopic (exact) mass is 562 g/mol. The van der Waals surface area contributed by atoms with Gasteiger partial charge in [0.25, 0.3) is 0 Å². The number of carbonyl (C=O) groups excluding carboxylic acids is 1. The molecule has 0 amide bonds. The second-order valence-corrected chi connectivity index (χ2v) is 7.59. The van der Waals surface area contributed by atoms with Gasteiger partial charge in [-0.3, -0.25) is 4.99 Å². The summed E-state index contributed by atoms with van der Waals surface area (Å²) in [7, 11) is 1.60. The van der Waals surface area contributed by atoms with Gasteiger partial charge in [0, 0.05) is 6.54 Å². The molecular formula is C21H31IN4O4S. The number of halogens is 1. The Hall–Kier alpha value is -1.92. The number of guanidine groups is 1. The van der Waals surface area contributed by atoms with E-state index >= 15 is 0 Å². The molecule has 31 heavy (non-hydrogen) atoms. The fraction of sp³-hybridized carbons (Fsp3) is 0.476. The maximum Gasteiger partial charge on any atom is 0.350 e. The third-order valence-electron chi connectivity index (χ3n) is 4.26. The number of hydrogen-bond donors (Lipinski definition) is 3.